The van der Waals surface area contributed by atoms with E-state index in [0.29, 0.717) is 12.4 Å². The summed E-state index contributed by atoms with van der Waals surface area (Å²) < 4.78 is 23.9. The highest BCUT2D eigenvalue weighted by molar-refractivity contribution is 7.98. The van der Waals surface area contributed by atoms with Crippen molar-refractivity contribution in [1.82, 2.24) is 0 Å². The molecule has 0 fully saturated rings. The molecule has 0 radical (unpaired) electrons. The van der Waals surface area contributed by atoms with Crippen LogP contribution < -0.4 is 9.47 Å². The zero-order valence-electron chi connectivity index (χ0n) is 15.9. The van der Waals surface area contributed by atoms with Crippen LogP contribution >= 0.6 is 11.8 Å². The number of hydrogen-bond acceptors (Lipinski definition) is 4. The molecule has 0 amide bonds. The standard InChI is InChI=1S/C23H21FO4S/c1-16-12-21(10-11-22(16)28-14-23(25)26)29-15-18-4-8-20(9-5-18)27-13-17-2-6-19(24)7-3-17/h2-12H,13-15H2,1H3,(H,25,26). The lowest BCUT2D eigenvalue weighted by Gasteiger charge is -2.10. The van der Waals surface area contributed by atoms with Gasteiger partial charge in [0, 0.05) is 10.6 Å². The van der Waals surface area contributed by atoms with Crippen LogP contribution in [-0.2, 0) is 17.2 Å². The monoisotopic (exact) mass is 412 g/mol. The lowest BCUT2D eigenvalue weighted by molar-refractivity contribution is -0.139. The van der Waals surface area contributed by atoms with Crippen LogP contribution in [0.2, 0.25) is 0 Å². The number of halogens is 1. The summed E-state index contributed by atoms with van der Waals surface area (Å²) in [6, 6.07) is 19.9. The molecule has 0 aromatic heterocycles. The number of hydrogen-bond donors (Lipinski definition) is 1. The van der Waals surface area contributed by atoms with Crippen LogP contribution in [0.4, 0.5) is 4.39 Å². The Balaban J connectivity index is 1.50. The van der Waals surface area contributed by atoms with Crippen molar-refractivity contribution in [2.24, 2.45) is 0 Å². The Morgan fingerprint density at radius 3 is 2.31 bits per heavy atom. The normalized spacial score (nSPS) is 10.6. The second kappa shape index (κ2) is 9.98. The summed E-state index contributed by atoms with van der Waals surface area (Å²) >= 11 is 1.69. The summed E-state index contributed by atoms with van der Waals surface area (Å²) in [6.07, 6.45) is 0. The third kappa shape index (κ3) is 6.54. The van der Waals surface area contributed by atoms with Crippen LogP contribution in [-0.4, -0.2) is 17.7 Å². The first-order valence-electron chi connectivity index (χ1n) is 9.04. The zero-order chi connectivity index (χ0) is 20.6. The van der Waals surface area contributed by atoms with E-state index in [4.69, 9.17) is 14.6 Å². The van der Waals surface area contributed by atoms with Crippen LogP contribution in [0.3, 0.4) is 0 Å². The Morgan fingerprint density at radius 2 is 1.66 bits per heavy atom. The first-order chi connectivity index (χ1) is 14.0. The fourth-order valence-electron chi connectivity index (χ4n) is 2.61. The second-order valence-corrected chi connectivity index (χ2v) is 7.51. The maximum atomic E-state index is 12.9. The molecule has 6 heteroatoms. The average Bonchev–Trinajstić information content (AvgIpc) is 2.72. The average molecular weight is 412 g/mol. The number of carbonyl (C=O) groups is 1. The van der Waals surface area contributed by atoms with Gasteiger partial charge in [-0.2, -0.15) is 0 Å². The van der Waals surface area contributed by atoms with Crippen LogP contribution in [0.1, 0.15) is 16.7 Å². The number of benzene rings is 3. The summed E-state index contributed by atoms with van der Waals surface area (Å²) in [5.41, 5.74) is 2.98. The molecule has 150 valence electrons. The molecule has 0 saturated carbocycles. The highest BCUT2D eigenvalue weighted by atomic mass is 32.2. The summed E-state index contributed by atoms with van der Waals surface area (Å²) in [4.78, 5) is 11.7. The maximum absolute atomic E-state index is 12.9. The van der Waals surface area contributed by atoms with Gasteiger partial charge in [-0.3, -0.25) is 0 Å². The van der Waals surface area contributed by atoms with Crippen LogP contribution in [0, 0.1) is 12.7 Å². The zero-order valence-corrected chi connectivity index (χ0v) is 16.7. The van der Waals surface area contributed by atoms with Gasteiger partial charge in [0.1, 0.15) is 23.9 Å². The third-order valence-corrected chi connectivity index (χ3v) is 5.21. The largest absolute Gasteiger partial charge is 0.489 e. The quantitative estimate of drug-likeness (QED) is 0.473. The van der Waals surface area contributed by atoms with Gasteiger partial charge in [0.15, 0.2) is 6.61 Å². The van der Waals surface area contributed by atoms with E-state index >= 15 is 0 Å². The summed E-state index contributed by atoms with van der Waals surface area (Å²) in [5.74, 6) is 0.895. The van der Waals surface area contributed by atoms with Gasteiger partial charge in [-0.05, 0) is 66.1 Å². The third-order valence-electron chi connectivity index (χ3n) is 4.15. The predicted octanol–water partition coefficient (Wildman–Crippen LogP) is 5.47. The van der Waals surface area contributed by atoms with Gasteiger partial charge < -0.3 is 14.6 Å². The van der Waals surface area contributed by atoms with Crippen molar-refractivity contribution in [2.45, 2.75) is 24.2 Å². The van der Waals surface area contributed by atoms with Gasteiger partial charge in [-0.15, -0.1) is 11.8 Å². The van der Waals surface area contributed by atoms with Crippen molar-refractivity contribution in [3.8, 4) is 11.5 Å². The summed E-state index contributed by atoms with van der Waals surface area (Å²) in [5, 5.41) is 8.70. The molecule has 0 bridgehead atoms. The van der Waals surface area contributed by atoms with Gasteiger partial charge in [-0.25, -0.2) is 9.18 Å². The Hall–Kier alpha value is -2.99. The highest BCUT2D eigenvalue weighted by Crippen LogP contribution is 2.28. The highest BCUT2D eigenvalue weighted by Gasteiger charge is 2.05. The first-order valence-corrected chi connectivity index (χ1v) is 10.0. The van der Waals surface area contributed by atoms with Gasteiger partial charge >= 0.3 is 5.97 Å². The van der Waals surface area contributed by atoms with Gasteiger partial charge in [0.05, 0.1) is 0 Å². The molecule has 0 saturated heterocycles. The number of aryl methyl sites for hydroxylation is 1. The molecule has 0 spiro atoms. The minimum Gasteiger partial charge on any atom is -0.489 e. The van der Waals surface area contributed by atoms with E-state index in [1.165, 1.54) is 12.1 Å². The number of carboxylic acid groups (broad SMARTS) is 1. The maximum Gasteiger partial charge on any atom is 0.341 e. The number of ether oxygens (including phenoxy) is 2. The smallest absolute Gasteiger partial charge is 0.341 e. The molecule has 3 aromatic rings. The van der Waals surface area contributed by atoms with E-state index in [2.05, 4.69) is 0 Å². The molecular weight excluding hydrogens is 391 g/mol. The fraction of sp³-hybridized carbons (Fsp3) is 0.174. The predicted molar refractivity (Wildman–Crippen MR) is 111 cm³/mol. The van der Waals surface area contributed by atoms with E-state index in [0.717, 1.165) is 33.1 Å². The summed E-state index contributed by atoms with van der Waals surface area (Å²) in [7, 11) is 0. The van der Waals surface area contributed by atoms with Crippen molar-refractivity contribution >= 4 is 17.7 Å². The molecule has 0 aliphatic rings. The fourth-order valence-corrected chi connectivity index (χ4v) is 3.56. The molecule has 4 nitrogen and oxygen atoms in total. The first kappa shape index (κ1) is 20.7. The SMILES string of the molecule is Cc1cc(SCc2ccc(OCc3ccc(F)cc3)cc2)ccc1OCC(=O)O. The Labute approximate surface area is 173 Å². The van der Waals surface area contributed by atoms with Crippen molar-refractivity contribution < 1.29 is 23.8 Å². The van der Waals surface area contributed by atoms with Crippen molar-refractivity contribution in [2.75, 3.05) is 6.61 Å². The van der Waals surface area contributed by atoms with E-state index in [-0.39, 0.29) is 12.4 Å². The van der Waals surface area contributed by atoms with Gasteiger partial charge in [-0.1, -0.05) is 24.3 Å². The Bertz CT molecular complexity index is 956. The van der Waals surface area contributed by atoms with Crippen LogP contribution in [0.25, 0.3) is 0 Å². The van der Waals surface area contributed by atoms with Crippen molar-refractivity contribution in [3.63, 3.8) is 0 Å². The van der Waals surface area contributed by atoms with Gasteiger partial charge in [0.2, 0.25) is 0 Å². The molecular formula is C23H21FO4S. The van der Waals surface area contributed by atoms with Crippen LogP contribution in [0.5, 0.6) is 11.5 Å². The minimum absolute atomic E-state index is 0.256. The van der Waals surface area contributed by atoms with Crippen molar-refractivity contribution in [3.05, 3.63) is 89.2 Å². The molecule has 0 atom stereocenters. The molecule has 3 rings (SSSR count). The lowest BCUT2D eigenvalue weighted by atomic mass is 10.2. The molecule has 0 unspecified atom stereocenters. The van der Waals surface area contributed by atoms with E-state index in [1.54, 1.807) is 30.0 Å². The van der Waals surface area contributed by atoms with Crippen molar-refractivity contribution in [1.29, 1.82) is 0 Å². The number of carboxylic acids is 1. The van der Waals surface area contributed by atoms with Crippen LogP contribution in [0.15, 0.2) is 71.6 Å². The van der Waals surface area contributed by atoms with E-state index < -0.39 is 5.97 Å². The second-order valence-electron chi connectivity index (χ2n) is 6.46. The summed E-state index contributed by atoms with van der Waals surface area (Å²) in [6.45, 7) is 1.95. The molecule has 1 N–H and O–H groups in total. The van der Waals surface area contributed by atoms with E-state index in [9.17, 15) is 9.18 Å². The molecule has 29 heavy (non-hydrogen) atoms. The topological polar surface area (TPSA) is 55.8 Å². The molecule has 0 aliphatic heterocycles. The van der Waals surface area contributed by atoms with Gasteiger partial charge in [0.25, 0.3) is 0 Å². The molecule has 0 aliphatic carbocycles. The van der Waals surface area contributed by atoms with E-state index in [1.807, 2.05) is 43.3 Å². The minimum atomic E-state index is -0.993. The lowest BCUT2D eigenvalue weighted by Crippen LogP contribution is -2.09. The molecule has 3 aromatic carbocycles. The number of rotatable bonds is 9. The number of aliphatic carboxylic acids is 1. The Morgan fingerprint density at radius 1 is 0.966 bits per heavy atom. The molecule has 0 heterocycles. The number of thioether (sulfide) groups is 1. The Kier molecular flexibility index (Phi) is 7.14.